The quantitative estimate of drug-likeness (QED) is 0.626. The van der Waals surface area contributed by atoms with E-state index < -0.39 is 6.61 Å². The number of ether oxygens (including phenoxy) is 4. The fourth-order valence-corrected chi connectivity index (χ4v) is 2.82. The zero-order valence-electron chi connectivity index (χ0n) is 16.8. The third kappa shape index (κ3) is 6.49. The summed E-state index contributed by atoms with van der Waals surface area (Å²) in [4.78, 5) is 13.2. The summed E-state index contributed by atoms with van der Waals surface area (Å²) in [6, 6.07) is 9.82. The molecule has 158 valence electrons. The van der Waals surface area contributed by atoms with E-state index in [9.17, 15) is 13.6 Å². The second kappa shape index (κ2) is 10.5. The number of benzene rings is 2. The summed E-state index contributed by atoms with van der Waals surface area (Å²) in [7, 11) is 6.29. The van der Waals surface area contributed by atoms with E-state index in [-0.39, 0.29) is 24.0 Å². The summed E-state index contributed by atoms with van der Waals surface area (Å²) in [6.45, 7) is -2.24. The molecule has 0 radical (unpaired) electrons. The van der Waals surface area contributed by atoms with Gasteiger partial charge in [-0.15, -0.1) is 0 Å². The van der Waals surface area contributed by atoms with Gasteiger partial charge in [-0.05, 0) is 30.3 Å². The zero-order valence-corrected chi connectivity index (χ0v) is 16.8. The van der Waals surface area contributed by atoms with Crippen LogP contribution in [-0.4, -0.2) is 47.4 Å². The van der Waals surface area contributed by atoms with Crippen LogP contribution in [0.2, 0.25) is 0 Å². The molecule has 0 saturated heterocycles. The summed E-state index contributed by atoms with van der Waals surface area (Å²) in [5.74, 6) is 1.09. The second-order valence-corrected chi connectivity index (χ2v) is 6.29. The molecule has 9 heteroatoms. The highest BCUT2D eigenvalue weighted by molar-refractivity contribution is 5.91. The third-order valence-electron chi connectivity index (χ3n) is 4.08. The number of carbonyl (C=O) groups is 1. The summed E-state index contributed by atoms with van der Waals surface area (Å²) >= 11 is 0. The summed E-state index contributed by atoms with van der Waals surface area (Å²) in [5.41, 5.74) is 1.41. The summed E-state index contributed by atoms with van der Waals surface area (Å²) in [6.07, 6.45) is 0. The van der Waals surface area contributed by atoms with E-state index >= 15 is 0 Å². The molecule has 29 heavy (non-hydrogen) atoms. The molecule has 0 heterocycles. The summed E-state index contributed by atoms with van der Waals surface area (Å²) < 4.78 is 44.7. The molecule has 0 aliphatic carbocycles. The number of nitrogens with one attached hydrogen (secondary N) is 2. The van der Waals surface area contributed by atoms with Crippen molar-refractivity contribution in [2.75, 3.05) is 40.2 Å². The number of alkyl halides is 2. The maximum Gasteiger partial charge on any atom is 0.387 e. The molecule has 2 N–H and O–H groups in total. The number of anilines is 1. The fourth-order valence-electron chi connectivity index (χ4n) is 2.82. The lowest BCUT2D eigenvalue weighted by molar-refractivity contribution is -0.885. The molecule has 2 aromatic carbocycles. The Labute approximate surface area is 168 Å². The van der Waals surface area contributed by atoms with Crippen LogP contribution in [0.3, 0.4) is 0 Å². The number of methoxy groups -OCH3 is 3. The molecular weight excluding hydrogens is 386 g/mol. The Morgan fingerprint density at radius 1 is 0.966 bits per heavy atom. The highest BCUT2D eigenvalue weighted by Gasteiger charge is 2.15. The van der Waals surface area contributed by atoms with Gasteiger partial charge in [-0.2, -0.15) is 8.78 Å². The smallest absolute Gasteiger partial charge is 0.387 e. The number of halogens is 2. The minimum Gasteiger partial charge on any atom is -0.493 e. The van der Waals surface area contributed by atoms with Crippen molar-refractivity contribution in [2.24, 2.45) is 0 Å². The largest absolute Gasteiger partial charge is 0.493 e. The Morgan fingerprint density at radius 2 is 1.59 bits per heavy atom. The lowest BCUT2D eigenvalue weighted by atomic mass is 10.2. The Morgan fingerprint density at radius 3 is 2.21 bits per heavy atom. The molecule has 7 nitrogen and oxygen atoms in total. The maximum atomic E-state index is 12.4. The molecule has 1 unspecified atom stereocenters. The normalized spacial score (nSPS) is 11.7. The van der Waals surface area contributed by atoms with Gasteiger partial charge in [0.05, 0.1) is 28.4 Å². The van der Waals surface area contributed by atoms with Crippen molar-refractivity contribution in [2.45, 2.75) is 13.2 Å². The minimum atomic E-state index is -2.93. The molecule has 0 saturated carbocycles. The van der Waals surface area contributed by atoms with Gasteiger partial charge in [-0.3, -0.25) is 4.79 Å². The van der Waals surface area contributed by atoms with Crippen LogP contribution in [0, 0.1) is 0 Å². The van der Waals surface area contributed by atoms with Gasteiger partial charge in [-0.1, -0.05) is 0 Å². The highest BCUT2D eigenvalue weighted by atomic mass is 19.3. The van der Waals surface area contributed by atoms with Crippen LogP contribution in [0.15, 0.2) is 36.4 Å². The van der Waals surface area contributed by atoms with E-state index in [1.54, 1.807) is 30.3 Å². The fraction of sp³-hybridized carbons (Fsp3) is 0.350. The van der Waals surface area contributed by atoms with Crippen LogP contribution in [0.25, 0.3) is 0 Å². The maximum absolute atomic E-state index is 12.4. The van der Waals surface area contributed by atoms with E-state index in [0.717, 1.165) is 10.5 Å². The third-order valence-corrected chi connectivity index (χ3v) is 4.08. The van der Waals surface area contributed by atoms with Crippen molar-refractivity contribution in [3.63, 3.8) is 0 Å². The number of rotatable bonds is 10. The number of hydrogen-bond acceptors (Lipinski definition) is 5. The second-order valence-electron chi connectivity index (χ2n) is 6.29. The van der Waals surface area contributed by atoms with Crippen molar-refractivity contribution in [1.82, 2.24) is 0 Å². The Bertz CT molecular complexity index is 833. The Kier molecular flexibility index (Phi) is 8.02. The van der Waals surface area contributed by atoms with Gasteiger partial charge in [0.15, 0.2) is 29.5 Å². The number of hydrogen-bond donors (Lipinski definition) is 2. The van der Waals surface area contributed by atoms with Crippen molar-refractivity contribution < 1.29 is 37.4 Å². The van der Waals surface area contributed by atoms with Gasteiger partial charge in [-0.25, -0.2) is 0 Å². The molecule has 0 spiro atoms. The van der Waals surface area contributed by atoms with Crippen molar-refractivity contribution in [3.05, 3.63) is 42.0 Å². The van der Waals surface area contributed by atoms with E-state index in [0.29, 0.717) is 23.7 Å². The molecule has 0 aliphatic rings. The average Bonchev–Trinajstić information content (AvgIpc) is 2.68. The standard InChI is InChI=1S/C20H24F2N2O5/c1-24(11-13-5-7-16(29-20(21)22)17(9-13)27-3)12-19(25)23-14-6-8-15(26-2)18(10-14)28-4/h5-10,20H,11-12H2,1-4H3,(H,23,25)/p+1. The molecule has 0 aliphatic heterocycles. The Balaban J connectivity index is 1.96. The van der Waals surface area contributed by atoms with Crippen molar-refractivity contribution >= 4 is 11.6 Å². The first-order valence-electron chi connectivity index (χ1n) is 8.81. The predicted octanol–water partition coefficient (Wildman–Crippen LogP) is 1.97. The first-order chi connectivity index (χ1) is 13.9. The van der Waals surface area contributed by atoms with E-state index in [2.05, 4.69) is 10.1 Å². The number of carbonyl (C=O) groups excluding carboxylic acids is 1. The lowest BCUT2D eigenvalue weighted by Crippen LogP contribution is -3.08. The molecular formula is C20H25F2N2O5+. The lowest BCUT2D eigenvalue weighted by Gasteiger charge is -2.16. The number of amides is 1. The van der Waals surface area contributed by atoms with Crippen molar-refractivity contribution in [3.8, 4) is 23.0 Å². The van der Waals surface area contributed by atoms with E-state index in [1.807, 2.05) is 7.05 Å². The molecule has 0 aromatic heterocycles. The van der Waals surface area contributed by atoms with Crippen LogP contribution in [0.5, 0.6) is 23.0 Å². The first kappa shape index (κ1) is 22.2. The zero-order chi connectivity index (χ0) is 21.4. The van der Waals surface area contributed by atoms with Crippen LogP contribution in [0.1, 0.15) is 5.56 Å². The van der Waals surface area contributed by atoms with Crippen LogP contribution in [0.4, 0.5) is 14.5 Å². The minimum absolute atomic E-state index is 0.0323. The topological polar surface area (TPSA) is 70.5 Å². The molecule has 0 fully saturated rings. The average molecular weight is 411 g/mol. The van der Waals surface area contributed by atoms with Gasteiger partial charge in [0.2, 0.25) is 0 Å². The van der Waals surface area contributed by atoms with Gasteiger partial charge in [0, 0.05) is 17.3 Å². The Hall–Kier alpha value is -3.07. The van der Waals surface area contributed by atoms with Crippen LogP contribution < -0.4 is 29.2 Å². The van der Waals surface area contributed by atoms with Crippen LogP contribution in [-0.2, 0) is 11.3 Å². The van der Waals surface area contributed by atoms with Crippen molar-refractivity contribution in [1.29, 1.82) is 0 Å². The predicted molar refractivity (Wildman–Crippen MR) is 103 cm³/mol. The van der Waals surface area contributed by atoms with Gasteiger partial charge < -0.3 is 29.2 Å². The first-order valence-corrected chi connectivity index (χ1v) is 8.81. The summed E-state index contributed by atoms with van der Waals surface area (Å²) in [5, 5.41) is 2.81. The number of likely N-dealkylation sites (N-methyl/N-ethyl adjacent to an activating group) is 1. The molecule has 2 aromatic rings. The number of quaternary nitrogens is 1. The van der Waals surface area contributed by atoms with Crippen LogP contribution >= 0.6 is 0 Å². The van der Waals surface area contributed by atoms with Gasteiger partial charge in [0.25, 0.3) is 5.91 Å². The molecule has 1 atom stereocenters. The van der Waals surface area contributed by atoms with Gasteiger partial charge in [0.1, 0.15) is 6.54 Å². The highest BCUT2D eigenvalue weighted by Crippen LogP contribution is 2.30. The SMILES string of the molecule is COc1ccc(NC(=O)C[NH+](C)Cc2ccc(OC(F)F)c(OC)c2)cc1OC. The van der Waals surface area contributed by atoms with E-state index in [4.69, 9.17) is 14.2 Å². The monoisotopic (exact) mass is 411 g/mol. The molecule has 0 bridgehead atoms. The van der Waals surface area contributed by atoms with E-state index in [1.165, 1.54) is 27.4 Å². The molecule has 2 rings (SSSR count). The molecule has 1 amide bonds. The van der Waals surface area contributed by atoms with Gasteiger partial charge >= 0.3 is 6.61 Å².